The minimum absolute atomic E-state index is 0.0150. The molecule has 0 spiro atoms. The zero-order chi connectivity index (χ0) is 16.6. The fourth-order valence-electron chi connectivity index (χ4n) is 2.84. The highest BCUT2D eigenvalue weighted by molar-refractivity contribution is 5.83. The molecule has 1 amide bonds. The maximum atomic E-state index is 12.1. The third kappa shape index (κ3) is 3.36. The lowest BCUT2D eigenvalue weighted by Crippen LogP contribution is -2.35. The lowest BCUT2D eigenvalue weighted by atomic mass is 9.97. The first-order chi connectivity index (χ1) is 10.8. The second-order valence-electron chi connectivity index (χ2n) is 6.89. The Labute approximate surface area is 135 Å². The highest BCUT2D eigenvalue weighted by atomic mass is 16.6. The van der Waals surface area contributed by atoms with Gasteiger partial charge in [0, 0.05) is 19.0 Å². The highest BCUT2D eigenvalue weighted by Gasteiger charge is 2.30. The number of likely N-dealkylation sites (tertiary alicyclic amines) is 1. The van der Waals surface area contributed by atoms with Gasteiger partial charge in [0.2, 0.25) is 5.88 Å². The summed E-state index contributed by atoms with van der Waals surface area (Å²) in [5.41, 5.74) is 1.30. The Bertz CT molecular complexity index is 739. The van der Waals surface area contributed by atoms with E-state index >= 15 is 0 Å². The van der Waals surface area contributed by atoms with Crippen LogP contribution >= 0.6 is 0 Å². The molecule has 0 radical (unpaired) electrons. The first-order valence-electron chi connectivity index (χ1n) is 7.75. The number of ether oxygens (including phenoxy) is 1. The van der Waals surface area contributed by atoms with Crippen molar-refractivity contribution in [2.45, 2.75) is 38.7 Å². The summed E-state index contributed by atoms with van der Waals surface area (Å²) in [6.07, 6.45) is 1.95. The van der Waals surface area contributed by atoms with Crippen LogP contribution in [0.1, 0.15) is 38.7 Å². The molecule has 1 aliphatic heterocycles. The number of hydrogen-bond donors (Lipinski definition) is 1. The van der Waals surface area contributed by atoms with Crippen molar-refractivity contribution in [1.29, 1.82) is 0 Å². The number of amides is 1. The number of fused-ring (bicyclic) bond motifs is 1. The monoisotopic (exact) mass is 315 g/mol. The van der Waals surface area contributed by atoms with Gasteiger partial charge < -0.3 is 14.7 Å². The molecule has 0 aliphatic carbocycles. The van der Waals surface area contributed by atoms with Crippen LogP contribution in [0.4, 0.5) is 4.79 Å². The van der Waals surface area contributed by atoms with E-state index in [9.17, 15) is 9.90 Å². The van der Waals surface area contributed by atoms with Crippen molar-refractivity contribution < 1.29 is 14.6 Å². The number of carbonyl (C=O) groups excluding carboxylic acids is 1. The average Bonchev–Trinajstić information content (AvgIpc) is 2.95. The largest absolute Gasteiger partial charge is 0.493 e. The number of aromatic hydroxyl groups is 1. The average molecular weight is 315 g/mol. The summed E-state index contributed by atoms with van der Waals surface area (Å²) in [5, 5.41) is 10.5. The van der Waals surface area contributed by atoms with Crippen LogP contribution in [0.15, 0.2) is 24.5 Å². The van der Waals surface area contributed by atoms with Gasteiger partial charge in [-0.2, -0.15) is 0 Å². The smallest absolute Gasteiger partial charge is 0.410 e. The van der Waals surface area contributed by atoms with E-state index in [1.54, 1.807) is 4.90 Å². The molecule has 1 N–H and O–H groups in total. The Balaban J connectivity index is 1.76. The van der Waals surface area contributed by atoms with E-state index in [1.807, 2.05) is 39.0 Å². The number of rotatable bonds is 1. The van der Waals surface area contributed by atoms with Gasteiger partial charge in [0.1, 0.15) is 11.9 Å². The van der Waals surface area contributed by atoms with Gasteiger partial charge >= 0.3 is 6.09 Å². The van der Waals surface area contributed by atoms with Gasteiger partial charge in [-0.25, -0.2) is 14.8 Å². The Morgan fingerprint density at radius 3 is 2.87 bits per heavy atom. The van der Waals surface area contributed by atoms with Crippen LogP contribution in [0.5, 0.6) is 5.88 Å². The van der Waals surface area contributed by atoms with Gasteiger partial charge in [-0.05, 0) is 44.9 Å². The van der Waals surface area contributed by atoms with Gasteiger partial charge in [0.05, 0.1) is 10.9 Å². The molecule has 2 heterocycles. The number of nitrogens with zero attached hydrogens (tertiary/aromatic N) is 3. The van der Waals surface area contributed by atoms with E-state index in [0.29, 0.717) is 24.0 Å². The maximum Gasteiger partial charge on any atom is 0.410 e. The maximum absolute atomic E-state index is 12.1. The molecule has 6 heteroatoms. The van der Waals surface area contributed by atoms with Crippen LogP contribution in [0, 0.1) is 0 Å². The van der Waals surface area contributed by atoms with Gasteiger partial charge in [-0.15, -0.1) is 0 Å². The summed E-state index contributed by atoms with van der Waals surface area (Å²) < 4.78 is 5.42. The van der Waals surface area contributed by atoms with Gasteiger partial charge in [-0.3, -0.25) is 0 Å². The normalized spacial score (nSPS) is 18.4. The molecule has 1 saturated heterocycles. The molecule has 1 unspecified atom stereocenters. The molecule has 1 aromatic carbocycles. The minimum atomic E-state index is -0.485. The molecule has 122 valence electrons. The first-order valence-corrected chi connectivity index (χ1v) is 7.75. The number of carbonyl (C=O) groups is 1. The molecule has 1 aliphatic rings. The van der Waals surface area contributed by atoms with Gasteiger partial charge in [-0.1, -0.05) is 6.07 Å². The predicted molar refractivity (Wildman–Crippen MR) is 86.4 cm³/mol. The van der Waals surface area contributed by atoms with E-state index in [-0.39, 0.29) is 17.9 Å². The number of aromatic nitrogens is 2. The summed E-state index contributed by atoms with van der Waals surface area (Å²) in [4.78, 5) is 21.8. The zero-order valence-corrected chi connectivity index (χ0v) is 13.6. The van der Waals surface area contributed by atoms with Gasteiger partial charge in [0.25, 0.3) is 0 Å². The first kappa shape index (κ1) is 15.5. The van der Waals surface area contributed by atoms with Crippen molar-refractivity contribution in [3.8, 4) is 5.88 Å². The number of hydrogen-bond acceptors (Lipinski definition) is 5. The summed E-state index contributed by atoms with van der Waals surface area (Å²) in [5.74, 6) is 0.213. The number of benzene rings is 1. The van der Waals surface area contributed by atoms with Crippen LogP contribution in [0.2, 0.25) is 0 Å². The zero-order valence-electron chi connectivity index (χ0n) is 13.6. The Kier molecular flexibility index (Phi) is 3.83. The van der Waals surface area contributed by atoms with Crippen LogP contribution in [0.3, 0.4) is 0 Å². The molecule has 1 fully saturated rings. The molecular weight excluding hydrogens is 294 g/mol. The van der Waals surface area contributed by atoms with Crippen LogP contribution in [0.25, 0.3) is 10.9 Å². The second kappa shape index (κ2) is 5.68. The summed E-state index contributed by atoms with van der Waals surface area (Å²) in [7, 11) is 0. The van der Waals surface area contributed by atoms with Crippen LogP contribution in [-0.4, -0.2) is 44.8 Å². The van der Waals surface area contributed by atoms with Crippen LogP contribution in [-0.2, 0) is 4.74 Å². The molecular formula is C17H21N3O3. The Morgan fingerprint density at radius 1 is 1.35 bits per heavy atom. The minimum Gasteiger partial charge on any atom is -0.493 e. The third-order valence-electron chi connectivity index (χ3n) is 3.95. The van der Waals surface area contributed by atoms with Crippen molar-refractivity contribution in [3.63, 3.8) is 0 Å². The quantitative estimate of drug-likeness (QED) is 0.875. The molecule has 1 atom stereocenters. The van der Waals surface area contributed by atoms with E-state index in [1.165, 1.54) is 6.33 Å². The molecule has 3 rings (SSSR count). The fourth-order valence-corrected chi connectivity index (χ4v) is 2.84. The lowest BCUT2D eigenvalue weighted by molar-refractivity contribution is 0.0292. The summed E-state index contributed by atoms with van der Waals surface area (Å²) in [6, 6.07) is 5.79. The standard InChI is InChI=1S/C17H21N3O3/c1-17(2,3)23-16(22)20-7-6-12(9-20)11-4-5-14-13(8-11)15(21)19-10-18-14/h4-5,8,10,12H,6-7,9H2,1-3H3,(H,18,19,21). The van der Waals surface area contributed by atoms with Crippen molar-refractivity contribution in [2.75, 3.05) is 13.1 Å². The fraction of sp³-hybridized carbons (Fsp3) is 0.471. The molecule has 23 heavy (non-hydrogen) atoms. The van der Waals surface area contributed by atoms with Gasteiger partial charge in [0.15, 0.2) is 0 Å². The van der Waals surface area contributed by atoms with Crippen molar-refractivity contribution in [1.82, 2.24) is 14.9 Å². The van der Waals surface area contributed by atoms with Crippen molar-refractivity contribution in [2.24, 2.45) is 0 Å². The molecule has 2 aromatic rings. The molecule has 1 aromatic heterocycles. The summed E-state index contributed by atoms with van der Waals surface area (Å²) >= 11 is 0. The Hall–Kier alpha value is -2.37. The van der Waals surface area contributed by atoms with E-state index in [0.717, 1.165) is 12.0 Å². The molecule has 0 bridgehead atoms. The topological polar surface area (TPSA) is 75.5 Å². The Morgan fingerprint density at radius 2 is 2.13 bits per heavy atom. The van der Waals surface area contributed by atoms with E-state index in [4.69, 9.17) is 4.74 Å². The van der Waals surface area contributed by atoms with E-state index < -0.39 is 5.60 Å². The lowest BCUT2D eigenvalue weighted by Gasteiger charge is -2.24. The van der Waals surface area contributed by atoms with Crippen molar-refractivity contribution in [3.05, 3.63) is 30.1 Å². The SMILES string of the molecule is CC(C)(C)OC(=O)N1CCC(c2ccc3ncnc(O)c3c2)C1. The highest BCUT2D eigenvalue weighted by Crippen LogP contribution is 2.31. The van der Waals surface area contributed by atoms with Crippen LogP contribution < -0.4 is 0 Å². The predicted octanol–water partition coefficient (Wildman–Crippen LogP) is 3.06. The molecule has 6 nitrogen and oxygen atoms in total. The van der Waals surface area contributed by atoms with Crippen molar-refractivity contribution >= 4 is 17.0 Å². The summed E-state index contributed by atoms with van der Waals surface area (Å²) in [6.45, 7) is 6.89. The van der Waals surface area contributed by atoms with E-state index in [2.05, 4.69) is 9.97 Å². The second-order valence-corrected chi connectivity index (χ2v) is 6.89. The third-order valence-corrected chi connectivity index (χ3v) is 3.95. The molecule has 0 saturated carbocycles.